The summed E-state index contributed by atoms with van der Waals surface area (Å²) in [4.78, 5) is 22.5. The summed E-state index contributed by atoms with van der Waals surface area (Å²) in [5.41, 5.74) is -3.79. The van der Waals surface area contributed by atoms with Crippen molar-refractivity contribution in [1.82, 2.24) is 9.55 Å². The zero-order valence-electron chi connectivity index (χ0n) is 9.98. The third-order valence-corrected chi connectivity index (χ3v) is 4.22. The standard InChI is InChI=1S/C10H11Cl2FN2O5/c11-2-9(3-16)7(18)10(12,4-20-9)15-1-5(13)6(17)14-8(15)19/h1,7,16,18H,2-4H2,(H,14,17,19)/t7-,9-,10-/m1/s1. The van der Waals surface area contributed by atoms with Gasteiger partial charge in [0.05, 0.1) is 25.3 Å². The molecule has 0 amide bonds. The van der Waals surface area contributed by atoms with Gasteiger partial charge in [0.25, 0.3) is 5.56 Å². The summed E-state index contributed by atoms with van der Waals surface area (Å²) in [6.45, 7) is -1.05. The monoisotopic (exact) mass is 328 g/mol. The highest BCUT2D eigenvalue weighted by Crippen LogP contribution is 2.41. The molecule has 0 aliphatic carbocycles. The summed E-state index contributed by atoms with van der Waals surface area (Å²) >= 11 is 11.8. The predicted molar refractivity (Wildman–Crippen MR) is 67.6 cm³/mol. The molecule has 0 spiro atoms. The molecule has 7 nitrogen and oxygen atoms in total. The van der Waals surface area contributed by atoms with Crippen LogP contribution in [0.3, 0.4) is 0 Å². The smallest absolute Gasteiger partial charge is 0.330 e. The van der Waals surface area contributed by atoms with Crippen LogP contribution in [0, 0.1) is 5.82 Å². The highest BCUT2D eigenvalue weighted by Gasteiger charge is 2.58. The van der Waals surface area contributed by atoms with Crippen LogP contribution in [0.15, 0.2) is 15.8 Å². The van der Waals surface area contributed by atoms with Crippen LogP contribution in [0.4, 0.5) is 4.39 Å². The molecule has 0 radical (unpaired) electrons. The molecule has 0 bridgehead atoms. The lowest BCUT2D eigenvalue weighted by Crippen LogP contribution is -2.54. The molecular formula is C10H11Cl2FN2O5. The molecule has 1 saturated heterocycles. The van der Waals surface area contributed by atoms with E-state index in [1.165, 1.54) is 0 Å². The fourth-order valence-corrected chi connectivity index (χ4v) is 2.70. The minimum Gasteiger partial charge on any atom is -0.393 e. The Bertz CT molecular complexity index is 629. The average molecular weight is 329 g/mol. The molecule has 0 saturated carbocycles. The van der Waals surface area contributed by atoms with Crippen molar-refractivity contribution in [3.8, 4) is 0 Å². The van der Waals surface area contributed by atoms with E-state index in [0.717, 1.165) is 0 Å². The number of nitrogens with one attached hydrogen (secondary N) is 1. The molecule has 112 valence electrons. The Hall–Kier alpha value is -0.930. The molecule has 2 rings (SSSR count). The number of aromatic nitrogens is 2. The van der Waals surface area contributed by atoms with Gasteiger partial charge in [-0.3, -0.25) is 14.3 Å². The van der Waals surface area contributed by atoms with Crippen molar-refractivity contribution in [2.45, 2.75) is 16.7 Å². The normalized spacial score (nSPS) is 33.5. The molecular weight excluding hydrogens is 318 g/mol. The maximum absolute atomic E-state index is 13.3. The van der Waals surface area contributed by atoms with E-state index in [-0.39, 0.29) is 5.88 Å². The van der Waals surface area contributed by atoms with Gasteiger partial charge in [-0.05, 0) is 0 Å². The molecule has 20 heavy (non-hydrogen) atoms. The van der Waals surface area contributed by atoms with Crippen molar-refractivity contribution in [3.05, 3.63) is 32.9 Å². The SMILES string of the molecule is O=c1[nH]c(=O)n([C@]2(Cl)CO[C@@](CO)(CCl)[C@H]2O)cc1F. The van der Waals surface area contributed by atoms with Crippen molar-refractivity contribution in [1.29, 1.82) is 0 Å². The summed E-state index contributed by atoms with van der Waals surface area (Å²) in [6.07, 6.45) is -1.02. The van der Waals surface area contributed by atoms with Gasteiger partial charge in [0, 0.05) is 0 Å². The van der Waals surface area contributed by atoms with Gasteiger partial charge in [0.2, 0.25) is 5.82 Å². The Morgan fingerprint density at radius 1 is 1.60 bits per heavy atom. The Morgan fingerprint density at radius 3 is 2.75 bits per heavy atom. The summed E-state index contributed by atoms with van der Waals surface area (Å²) < 4.78 is 19.1. The van der Waals surface area contributed by atoms with Crippen LogP contribution in [-0.2, 0) is 9.73 Å². The van der Waals surface area contributed by atoms with Gasteiger partial charge in [0.15, 0.2) is 5.00 Å². The number of hydrogen-bond donors (Lipinski definition) is 3. The zero-order valence-corrected chi connectivity index (χ0v) is 11.5. The first-order valence-corrected chi connectivity index (χ1v) is 6.42. The predicted octanol–water partition coefficient (Wildman–Crippen LogP) is -1.07. The quantitative estimate of drug-likeness (QED) is 0.613. The number of hydrogen-bond acceptors (Lipinski definition) is 5. The topological polar surface area (TPSA) is 105 Å². The lowest BCUT2D eigenvalue weighted by atomic mass is 9.96. The number of aromatic amines is 1. The first-order chi connectivity index (χ1) is 9.30. The fourth-order valence-electron chi connectivity index (χ4n) is 2.02. The molecule has 0 aromatic carbocycles. The van der Waals surface area contributed by atoms with E-state index in [1.807, 2.05) is 0 Å². The molecule has 3 atom stereocenters. The van der Waals surface area contributed by atoms with Crippen molar-refractivity contribution in [2.75, 3.05) is 19.1 Å². The molecule has 1 aliphatic rings. The van der Waals surface area contributed by atoms with Crippen molar-refractivity contribution < 1.29 is 19.3 Å². The molecule has 1 aliphatic heterocycles. The molecule has 1 aromatic heterocycles. The largest absolute Gasteiger partial charge is 0.393 e. The van der Waals surface area contributed by atoms with E-state index in [9.17, 15) is 24.2 Å². The van der Waals surface area contributed by atoms with E-state index >= 15 is 0 Å². The lowest BCUT2D eigenvalue weighted by Gasteiger charge is -2.32. The Balaban J connectivity index is 2.56. The van der Waals surface area contributed by atoms with Gasteiger partial charge in [-0.25, -0.2) is 4.79 Å². The van der Waals surface area contributed by atoms with Crippen LogP contribution in [0.5, 0.6) is 0 Å². The summed E-state index contributed by atoms with van der Waals surface area (Å²) in [6, 6.07) is 0. The first-order valence-electron chi connectivity index (χ1n) is 5.50. The second kappa shape index (κ2) is 5.12. The van der Waals surface area contributed by atoms with Crippen LogP contribution in [-0.4, -0.2) is 50.6 Å². The maximum Gasteiger partial charge on any atom is 0.330 e. The number of alkyl halides is 2. The van der Waals surface area contributed by atoms with Gasteiger partial charge < -0.3 is 14.9 Å². The van der Waals surface area contributed by atoms with E-state index in [2.05, 4.69) is 0 Å². The van der Waals surface area contributed by atoms with E-state index in [4.69, 9.17) is 27.9 Å². The number of aliphatic hydroxyl groups is 2. The van der Waals surface area contributed by atoms with Crippen LogP contribution >= 0.6 is 23.2 Å². The number of ether oxygens (including phenoxy) is 1. The summed E-state index contributed by atoms with van der Waals surface area (Å²) in [5.74, 6) is -1.54. The minimum atomic E-state index is -1.89. The molecule has 10 heteroatoms. The molecule has 0 unspecified atom stereocenters. The lowest BCUT2D eigenvalue weighted by molar-refractivity contribution is -0.0766. The highest BCUT2D eigenvalue weighted by molar-refractivity contribution is 6.23. The number of aliphatic hydroxyl groups excluding tert-OH is 2. The van der Waals surface area contributed by atoms with Gasteiger partial charge in [-0.1, -0.05) is 11.6 Å². The molecule has 2 heterocycles. The maximum atomic E-state index is 13.3. The fraction of sp³-hybridized carbons (Fsp3) is 0.600. The highest BCUT2D eigenvalue weighted by atomic mass is 35.5. The van der Waals surface area contributed by atoms with Crippen molar-refractivity contribution >= 4 is 23.2 Å². The molecule has 1 fully saturated rings. The van der Waals surface area contributed by atoms with E-state index in [1.54, 1.807) is 4.98 Å². The summed E-state index contributed by atoms with van der Waals surface area (Å²) in [5, 5.41) is 19.5. The van der Waals surface area contributed by atoms with E-state index < -0.39 is 47.0 Å². The number of nitrogens with zero attached hydrogens (tertiary/aromatic N) is 1. The van der Waals surface area contributed by atoms with E-state index in [0.29, 0.717) is 10.8 Å². The second-order valence-electron chi connectivity index (χ2n) is 4.47. The number of halogens is 3. The third-order valence-electron chi connectivity index (χ3n) is 3.27. The van der Waals surface area contributed by atoms with Crippen LogP contribution in [0.25, 0.3) is 0 Å². The van der Waals surface area contributed by atoms with Gasteiger partial charge in [0.1, 0.15) is 11.7 Å². The van der Waals surface area contributed by atoms with Crippen LogP contribution < -0.4 is 11.2 Å². The zero-order chi connectivity index (χ0) is 15.1. The summed E-state index contributed by atoms with van der Waals surface area (Å²) in [7, 11) is 0. The number of H-pyrrole nitrogens is 1. The Kier molecular flexibility index (Phi) is 3.96. The van der Waals surface area contributed by atoms with Crippen molar-refractivity contribution in [3.63, 3.8) is 0 Å². The third kappa shape index (κ3) is 2.08. The number of rotatable bonds is 3. The Morgan fingerprint density at radius 2 is 2.25 bits per heavy atom. The molecule has 1 aromatic rings. The van der Waals surface area contributed by atoms with Gasteiger partial charge in [-0.15, -0.1) is 11.6 Å². The first kappa shape index (κ1) is 15.5. The minimum absolute atomic E-state index is 0.292. The Labute approximate surface area is 121 Å². The molecule has 3 N–H and O–H groups in total. The second-order valence-corrected chi connectivity index (χ2v) is 5.39. The van der Waals surface area contributed by atoms with Gasteiger partial charge in [-0.2, -0.15) is 4.39 Å². The van der Waals surface area contributed by atoms with Crippen LogP contribution in [0.2, 0.25) is 0 Å². The van der Waals surface area contributed by atoms with Crippen LogP contribution in [0.1, 0.15) is 0 Å². The van der Waals surface area contributed by atoms with Gasteiger partial charge >= 0.3 is 5.69 Å². The van der Waals surface area contributed by atoms with Crippen molar-refractivity contribution in [2.24, 2.45) is 0 Å². The average Bonchev–Trinajstić information content (AvgIpc) is 2.68.